The van der Waals surface area contributed by atoms with E-state index in [1.54, 1.807) is 0 Å². The molecule has 6 heteroatoms. The molecule has 1 spiro atoms. The van der Waals surface area contributed by atoms with Crippen LogP contribution in [0.25, 0.3) is 0 Å². The predicted molar refractivity (Wildman–Crippen MR) is 149 cm³/mol. The summed E-state index contributed by atoms with van der Waals surface area (Å²) in [5.74, 6) is 0.0562. The number of benzene rings is 1. The van der Waals surface area contributed by atoms with Gasteiger partial charge in [-0.05, 0) is 126 Å². The van der Waals surface area contributed by atoms with Gasteiger partial charge in [0.2, 0.25) is 0 Å². The lowest BCUT2D eigenvalue weighted by Crippen LogP contribution is -2.60. The number of aliphatic carboxylic acids is 1. The van der Waals surface area contributed by atoms with Crippen LogP contribution >= 0.6 is 0 Å². The van der Waals surface area contributed by atoms with Gasteiger partial charge in [-0.15, -0.1) is 0 Å². The van der Waals surface area contributed by atoms with Gasteiger partial charge in [-0.25, -0.2) is 4.79 Å². The van der Waals surface area contributed by atoms with Gasteiger partial charge in [-0.1, -0.05) is 37.3 Å². The van der Waals surface area contributed by atoms with Crippen LogP contribution in [-0.2, 0) is 14.9 Å². The highest BCUT2D eigenvalue weighted by Crippen LogP contribution is 2.70. The predicted octanol–water partition coefficient (Wildman–Crippen LogP) is 6.39. The summed E-state index contributed by atoms with van der Waals surface area (Å²) < 4.78 is 5.43. The van der Waals surface area contributed by atoms with E-state index in [2.05, 4.69) is 42.6 Å². The molecule has 6 nitrogen and oxygen atoms in total. The minimum absolute atomic E-state index is 0.119. The average Bonchev–Trinajstić information content (AvgIpc) is 2.83. The van der Waals surface area contributed by atoms with Crippen molar-refractivity contribution in [3.05, 3.63) is 35.9 Å². The number of carbonyl (C=O) groups is 2. The van der Waals surface area contributed by atoms with Gasteiger partial charge in [-0.2, -0.15) is 0 Å². The first kappa shape index (κ1) is 27.5. The molecule has 2 aliphatic heterocycles. The molecule has 4 unspecified atom stereocenters. The van der Waals surface area contributed by atoms with E-state index in [9.17, 15) is 14.7 Å². The molecule has 0 radical (unpaired) electrons. The van der Waals surface area contributed by atoms with Gasteiger partial charge in [0.15, 0.2) is 0 Å². The normalized spacial score (nSPS) is 35.4. The molecule has 210 valence electrons. The van der Waals surface area contributed by atoms with E-state index in [1.165, 1.54) is 37.7 Å². The number of likely N-dealkylation sites (tertiary alicyclic amines) is 1. The first-order chi connectivity index (χ1) is 17.9. The van der Waals surface area contributed by atoms with E-state index in [4.69, 9.17) is 4.74 Å². The van der Waals surface area contributed by atoms with Crippen molar-refractivity contribution in [1.29, 1.82) is 0 Å². The first-order valence-corrected chi connectivity index (χ1v) is 14.8. The number of nitrogens with one attached hydrogen (secondary N) is 1. The summed E-state index contributed by atoms with van der Waals surface area (Å²) in [5.41, 5.74) is 1.37. The summed E-state index contributed by atoms with van der Waals surface area (Å²) in [6, 6.07) is 10.7. The average molecular weight is 525 g/mol. The van der Waals surface area contributed by atoms with E-state index in [-0.39, 0.29) is 22.5 Å². The van der Waals surface area contributed by atoms with Gasteiger partial charge in [-0.3, -0.25) is 4.79 Å². The zero-order valence-corrected chi connectivity index (χ0v) is 24.0. The maximum atomic E-state index is 12.0. The van der Waals surface area contributed by atoms with Gasteiger partial charge in [0.05, 0.1) is 5.41 Å². The highest BCUT2D eigenvalue weighted by molar-refractivity contribution is 5.76. The van der Waals surface area contributed by atoms with Gasteiger partial charge in [0.1, 0.15) is 5.60 Å². The van der Waals surface area contributed by atoms with Crippen molar-refractivity contribution in [2.75, 3.05) is 26.2 Å². The maximum Gasteiger partial charge on any atom is 0.410 e. The number of carboxylic acid groups (broad SMARTS) is 1. The lowest BCUT2D eigenvalue weighted by molar-refractivity contribution is -0.177. The number of hydrogen-bond donors (Lipinski definition) is 2. The summed E-state index contributed by atoms with van der Waals surface area (Å²) in [7, 11) is 0. The van der Waals surface area contributed by atoms with Crippen molar-refractivity contribution in [1.82, 2.24) is 10.2 Å². The molecule has 1 aromatic rings. The third kappa shape index (κ3) is 5.48. The fourth-order valence-corrected chi connectivity index (χ4v) is 9.22. The fourth-order valence-electron chi connectivity index (χ4n) is 9.22. The first-order valence-electron chi connectivity index (χ1n) is 14.8. The second-order valence-corrected chi connectivity index (χ2v) is 14.8. The molecule has 4 atom stereocenters. The van der Waals surface area contributed by atoms with Crippen molar-refractivity contribution in [3.8, 4) is 0 Å². The number of amides is 1. The van der Waals surface area contributed by atoms with Crippen LogP contribution in [0.3, 0.4) is 0 Å². The number of nitrogens with zero attached hydrogens (tertiary/aromatic N) is 1. The maximum absolute atomic E-state index is 12.0. The van der Waals surface area contributed by atoms with Crippen LogP contribution in [0.4, 0.5) is 4.79 Å². The number of ether oxygens (including phenoxy) is 1. The van der Waals surface area contributed by atoms with Crippen molar-refractivity contribution in [2.24, 2.45) is 22.2 Å². The number of rotatable bonds is 2. The highest BCUT2D eigenvalue weighted by Gasteiger charge is 2.64. The quantitative estimate of drug-likeness (QED) is 0.469. The van der Waals surface area contributed by atoms with Crippen LogP contribution < -0.4 is 5.32 Å². The Morgan fingerprint density at radius 3 is 2.18 bits per heavy atom. The van der Waals surface area contributed by atoms with Crippen molar-refractivity contribution in [2.45, 2.75) is 103 Å². The molecular formula is C32H48N2O4. The minimum Gasteiger partial charge on any atom is -0.481 e. The lowest BCUT2D eigenvalue weighted by atomic mass is 9.39. The Balaban J connectivity index is 0.000000156. The molecule has 38 heavy (non-hydrogen) atoms. The molecule has 4 saturated carbocycles. The summed E-state index contributed by atoms with van der Waals surface area (Å²) in [6.45, 7) is 12.1. The summed E-state index contributed by atoms with van der Waals surface area (Å²) in [4.78, 5) is 25.8. The Morgan fingerprint density at radius 1 is 0.947 bits per heavy atom. The van der Waals surface area contributed by atoms with Crippen molar-refractivity contribution < 1.29 is 19.4 Å². The van der Waals surface area contributed by atoms with Gasteiger partial charge in [0, 0.05) is 13.1 Å². The number of carbonyl (C=O) groups excluding carboxylic acids is 1. The van der Waals surface area contributed by atoms with E-state index < -0.39 is 11.4 Å². The summed E-state index contributed by atoms with van der Waals surface area (Å²) in [6.07, 6.45) is 10.9. The second kappa shape index (κ2) is 9.83. The molecule has 6 aliphatic rings. The second-order valence-electron chi connectivity index (χ2n) is 14.8. The topological polar surface area (TPSA) is 78.9 Å². The Labute approximate surface area is 228 Å². The fraction of sp³-hybridized carbons (Fsp3) is 0.750. The SMILES string of the molecule is CC(C)(C)OC(=O)N1CCC2(CCNCC2)CC1.CC12CC3CC(C(=O)O)(C1)CC(c1ccccc1)(C3)C2. The smallest absolute Gasteiger partial charge is 0.410 e. The molecule has 0 aromatic heterocycles. The van der Waals surface area contributed by atoms with Gasteiger partial charge in [0.25, 0.3) is 0 Å². The summed E-state index contributed by atoms with van der Waals surface area (Å²) >= 11 is 0. The third-order valence-corrected chi connectivity index (χ3v) is 10.3. The standard InChI is InChI=1S/C18H22O2.C14H26N2O2/c1-16-7-13-8-17(10-16,14-5-3-2-4-6-14)12-18(9-13,11-16)15(19)20;1-13(2,3)18-12(17)16-10-6-14(7-11-16)4-8-15-9-5-14/h2-6,13H,7-12H2,1H3,(H,19,20);15H,4-11H2,1-3H3. The molecule has 2 N–H and O–H groups in total. The molecule has 1 aromatic carbocycles. The van der Waals surface area contributed by atoms with E-state index in [0.717, 1.165) is 58.3 Å². The Morgan fingerprint density at radius 2 is 1.61 bits per heavy atom. The van der Waals surface area contributed by atoms with E-state index in [0.29, 0.717) is 11.3 Å². The molecule has 6 fully saturated rings. The molecule has 2 saturated heterocycles. The summed E-state index contributed by atoms with van der Waals surface area (Å²) in [5, 5.41) is 13.3. The zero-order valence-electron chi connectivity index (χ0n) is 24.0. The third-order valence-electron chi connectivity index (χ3n) is 10.3. The highest BCUT2D eigenvalue weighted by atomic mass is 16.6. The zero-order chi connectivity index (χ0) is 27.2. The van der Waals surface area contributed by atoms with Crippen LogP contribution in [0.5, 0.6) is 0 Å². The number of carboxylic acids is 1. The Hall–Kier alpha value is -2.08. The molecule has 4 bridgehead atoms. The molecular weight excluding hydrogens is 476 g/mol. The van der Waals surface area contributed by atoms with Crippen molar-refractivity contribution >= 4 is 12.1 Å². The van der Waals surface area contributed by atoms with Crippen LogP contribution in [0.2, 0.25) is 0 Å². The monoisotopic (exact) mass is 524 g/mol. The van der Waals surface area contributed by atoms with Crippen LogP contribution in [0.15, 0.2) is 30.3 Å². The minimum atomic E-state index is -0.548. The largest absolute Gasteiger partial charge is 0.481 e. The molecule has 4 aliphatic carbocycles. The number of piperidine rings is 2. The van der Waals surface area contributed by atoms with E-state index in [1.807, 2.05) is 25.7 Å². The molecule has 2 heterocycles. The van der Waals surface area contributed by atoms with Crippen molar-refractivity contribution in [3.63, 3.8) is 0 Å². The Kier molecular flexibility index (Phi) is 7.11. The van der Waals surface area contributed by atoms with Crippen LogP contribution in [0.1, 0.15) is 97.5 Å². The molecule has 7 rings (SSSR count). The van der Waals surface area contributed by atoms with Crippen LogP contribution in [0, 0.1) is 22.2 Å². The number of hydrogen-bond acceptors (Lipinski definition) is 4. The Bertz CT molecular complexity index is 1020. The molecule has 1 amide bonds. The van der Waals surface area contributed by atoms with Gasteiger partial charge < -0.3 is 20.1 Å². The van der Waals surface area contributed by atoms with Gasteiger partial charge >= 0.3 is 12.1 Å². The lowest BCUT2D eigenvalue weighted by Gasteiger charge is -2.64. The van der Waals surface area contributed by atoms with Crippen LogP contribution in [-0.4, -0.2) is 53.8 Å². The van der Waals surface area contributed by atoms with E-state index >= 15 is 0 Å².